The first kappa shape index (κ1) is 11.8. The molecule has 90 valence electrons. The van der Waals surface area contributed by atoms with Crippen LogP contribution in [-0.2, 0) is 27.4 Å². The maximum atomic E-state index is 11.5. The number of nitrogens with two attached hydrogens (primary N) is 1. The molecule has 0 aromatic heterocycles. The van der Waals surface area contributed by atoms with Crippen molar-refractivity contribution in [3.05, 3.63) is 35.4 Å². The van der Waals surface area contributed by atoms with Crippen molar-refractivity contribution in [2.45, 2.75) is 13.1 Å². The van der Waals surface area contributed by atoms with E-state index in [-0.39, 0.29) is 31.6 Å². The molecule has 0 radical (unpaired) electrons. The van der Waals surface area contributed by atoms with Crippen LogP contribution in [0.15, 0.2) is 24.3 Å². The lowest BCUT2D eigenvalue weighted by Gasteiger charge is -2.25. The molecule has 1 aromatic rings. The van der Waals surface area contributed by atoms with Crippen molar-refractivity contribution in [3.63, 3.8) is 0 Å². The van der Waals surface area contributed by atoms with Crippen LogP contribution in [-0.4, -0.2) is 29.9 Å². The van der Waals surface area contributed by atoms with Crippen molar-refractivity contribution in [1.29, 1.82) is 0 Å². The molecular weight excluding hydrogens is 220 g/mol. The predicted octanol–water partition coefficient (Wildman–Crippen LogP) is 0.0307. The van der Waals surface area contributed by atoms with Gasteiger partial charge in [0.2, 0.25) is 0 Å². The Kier molecular flexibility index (Phi) is 3.51. The van der Waals surface area contributed by atoms with Crippen molar-refractivity contribution >= 4 is 11.8 Å². The first-order valence-electron chi connectivity index (χ1n) is 5.39. The summed E-state index contributed by atoms with van der Waals surface area (Å²) in [6.07, 6.45) is 0. The molecule has 0 bridgehead atoms. The van der Waals surface area contributed by atoms with Gasteiger partial charge in [0.1, 0.15) is 13.2 Å². The van der Waals surface area contributed by atoms with Crippen LogP contribution < -0.4 is 5.73 Å². The number of nitrogens with zero attached hydrogens (tertiary/aromatic N) is 1. The van der Waals surface area contributed by atoms with Crippen LogP contribution >= 0.6 is 0 Å². The molecule has 17 heavy (non-hydrogen) atoms. The number of morpholine rings is 1. The van der Waals surface area contributed by atoms with Crippen molar-refractivity contribution < 1.29 is 14.3 Å². The lowest BCUT2D eigenvalue weighted by atomic mass is 10.1. The minimum Gasteiger partial charge on any atom is -0.362 e. The zero-order valence-corrected chi connectivity index (χ0v) is 9.39. The van der Waals surface area contributed by atoms with Gasteiger partial charge in [-0.1, -0.05) is 24.3 Å². The molecule has 0 unspecified atom stereocenters. The second-order valence-corrected chi connectivity index (χ2v) is 3.89. The second kappa shape index (κ2) is 5.07. The van der Waals surface area contributed by atoms with Crippen LogP contribution in [0.3, 0.4) is 0 Å². The monoisotopic (exact) mass is 234 g/mol. The topological polar surface area (TPSA) is 72.6 Å². The highest BCUT2D eigenvalue weighted by atomic mass is 16.5. The molecule has 2 amide bonds. The zero-order valence-electron chi connectivity index (χ0n) is 9.39. The largest absolute Gasteiger partial charge is 0.362 e. The highest BCUT2D eigenvalue weighted by Crippen LogP contribution is 2.11. The Hall–Kier alpha value is -1.72. The molecule has 2 rings (SSSR count). The molecule has 1 aliphatic heterocycles. The average Bonchev–Trinajstić information content (AvgIpc) is 2.34. The number of imide groups is 1. The van der Waals surface area contributed by atoms with E-state index in [0.29, 0.717) is 6.54 Å². The van der Waals surface area contributed by atoms with Crippen LogP contribution in [0.25, 0.3) is 0 Å². The third-order valence-corrected chi connectivity index (χ3v) is 2.62. The fourth-order valence-corrected chi connectivity index (χ4v) is 1.73. The van der Waals surface area contributed by atoms with Crippen molar-refractivity contribution in [2.75, 3.05) is 13.2 Å². The fourth-order valence-electron chi connectivity index (χ4n) is 1.73. The molecule has 1 fully saturated rings. The van der Waals surface area contributed by atoms with Crippen molar-refractivity contribution in [2.24, 2.45) is 5.73 Å². The molecule has 1 saturated heterocycles. The van der Waals surface area contributed by atoms with Gasteiger partial charge in [0.05, 0.1) is 6.54 Å². The fraction of sp³-hybridized carbons (Fsp3) is 0.333. The van der Waals surface area contributed by atoms with E-state index in [4.69, 9.17) is 10.5 Å². The van der Waals surface area contributed by atoms with Gasteiger partial charge in [0.15, 0.2) is 0 Å². The number of benzene rings is 1. The summed E-state index contributed by atoms with van der Waals surface area (Å²) in [6, 6.07) is 7.55. The summed E-state index contributed by atoms with van der Waals surface area (Å²) in [7, 11) is 0. The first-order chi connectivity index (χ1) is 8.20. The van der Waals surface area contributed by atoms with Gasteiger partial charge in [0.25, 0.3) is 11.8 Å². The van der Waals surface area contributed by atoms with Gasteiger partial charge < -0.3 is 10.5 Å². The van der Waals surface area contributed by atoms with E-state index in [1.807, 2.05) is 24.3 Å². The third kappa shape index (κ3) is 2.69. The van der Waals surface area contributed by atoms with Gasteiger partial charge in [-0.2, -0.15) is 0 Å². The summed E-state index contributed by atoms with van der Waals surface area (Å²) in [5.74, 6) is -0.584. The Morgan fingerprint density at radius 2 is 1.82 bits per heavy atom. The van der Waals surface area contributed by atoms with Crippen molar-refractivity contribution in [1.82, 2.24) is 4.90 Å². The van der Waals surface area contributed by atoms with Crippen molar-refractivity contribution in [3.8, 4) is 0 Å². The van der Waals surface area contributed by atoms with Gasteiger partial charge in [-0.25, -0.2) is 0 Å². The smallest absolute Gasteiger partial charge is 0.255 e. The lowest BCUT2D eigenvalue weighted by molar-refractivity contribution is -0.159. The Bertz CT molecular complexity index is 429. The molecule has 0 saturated carbocycles. The zero-order chi connectivity index (χ0) is 12.3. The number of hydrogen-bond donors (Lipinski definition) is 1. The van der Waals surface area contributed by atoms with E-state index in [9.17, 15) is 9.59 Å². The first-order valence-corrected chi connectivity index (χ1v) is 5.39. The lowest BCUT2D eigenvalue weighted by Crippen LogP contribution is -2.45. The minimum atomic E-state index is -0.292. The Morgan fingerprint density at radius 1 is 1.18 bits per heavy atom. The molecule has 0 spiro atoms. The van der Waals surface area contributed by atoms with Crippen LogP contribution in [0.5, 0.6) is 0 Å². The van der Waals surface area contributed by atoms with E-state index in [1.165, 1.54) is 4.90 Å². The van der Waals surface area contributed by atoms with E-state index < -0.39 is 0 Å². The molecule has 0 aliphatic carbocycles. The molecule has 5 nitrogen and oxygen atoms in total. The molecule has 1 aromatic carbocycles. The van der Waals surface area contributed by atoms with Gasteiger partial charge in [-0.3, -0.25) is 14.5 Å². The van der Waals surface area contributed by atoms with E-state index >= 15 is 0 Å². The summed E-state index contributed by atoms with van der Waals surface area (Å²) in [6.45, 7) is 0.679. The second-order valence-electron chi connectivity index (χ2n) is 3.89. The average molecular weight is 234 g/mol. The number of ether oxygens (including phenoxy) is 1. The molecule has 2 N–H and O–H groups in total. The van der Waals surface area contributed by atoms with E-state index in [1.54, 1.807) is 0 Å². The molecule has 0 atom stereocenters. The number of carbonyl (C=O) groups is 2. The molecular formula is C12H14N2O3. The predicted molar refractivity (Wildman–Crippen MR) is 60.7 cm³/mol. The highest BCUT2D eigenvalue weighted by Gasteiger charge is 2.26. The number of amides is 2. The van der Waals surface area contributed by atoms with Gasteiger partial charge in [-0.05, 0) is 11.1 Å². The maximum absolute atomic E-state index is 11.5. The summed E-state index contributed by atoms with van der Waals surface area (Å²) in [5, 5.41) is 0. The van der Waals surface area contributed by atoms with Crippen LogP contribution in [0.2, 0.25) is 0 Å². The number of carbonyl (C=O) groups excluding carboxylic acids is 2. The number of rotatable bonds is 3. The van der Waals surface area contributed by atoms with E-state index in [0.717, 1.165) is 11.1 Å². The minimum absolute atomic E-state index is 0.0255. The molecule has 1 aliphatic rings. The normalized spacial score (nSPS) is 16.4. The summed E-state index contributed by atoms with van der Waals surface area (Å²) >= 11 is 0. The SMILES string of the molecule is NCc1cccc(CN2C(=O)COCC2=O)c1. The quantitative estimate of drug-likeness (QED) is 0.749. The Labute approximate surface area is 99.2 Å². The standard InChI is InChI=1S/C12H14N2O3/c13-5-9-2-1-3-10(4-9)6-14-11(15)7-17-8-12(14)16/h1-4H,5-8,13H2. The summed E-state index contributed by atoms with van der Waals surface area (Å²) in [4.78, 5) is 24.3. The van der Waals surface area contributed by atoms with Gasteiger partial charge >= 0.3 is 0 Å². The van der Waals surface area contributed by atoms with Crippen LogP contribution in [0.4, 0.5) is 0 Å². The maximum Gasteiger partial charge on any atom is 0.255 e. The van der Waals surface area contributed by atoms with E-state index in [2.05, 4.69) is 0 Å². The number of hydrogen-bond acceptors (Lipinski definition) is 4. The summed E-state index contributed by atoms with van der Waals surface area (Å²) < 4.78 is 4.85. The molecule has 5 heteroatoms. The highest BCUT2D eigenvalue weighted by molar-refractivity contribution is 5.98. The molecule has 1 heterocycles. The third-order valence-electron chi connectivity index (χ3n) is 2.62. The Morgan fingerprint density at radius 3 is 2.47 bits per heavy atom. The van der Waals surface area contributed by atoms with Crippen LogP contribution in [0.1, 0.15) is 11.1 Å². The summed E-state index contributed by atoms with van der Waals surface area (Å²) in [5.41, 5.74) is 7.42. The van der Waals surface area contributed by atoms with Gasteiger partial charge in [0, 0.05) is 6.54 Å². The van der Waals surface area contributed by atoms with Gasteiger partial charge in [-0.15, -0.1) is 0 Å². The van der Waals surface area contributed by atoms with Crippen LogP contribution in [0, 0.1) is 0 Å². The Balaban J connectivity index is 2.13.